The number of hydrogen-bond acceptors (Lipinski definition) is 4. The van der Waals surface area contributed by atoms with Crippen LogP contribution in [0.2, 0.25) is 0 Å². The summed E-state index contributed by atoms with van der Waals surface area (Å²) in [6.07, 6.45) is 2.38. The first-order chi connectivity index (χ1) is 9.52. The fraction of sp³-hybridized carbons (Fsp3) is 0.429. The van der Waals surface area contributed by atoms with Crippen LogP contribution < -0.4 is 10.5 Å². The molecule has 0 spiro atoms. The topological polar surface area (TPSA) is 78.8 Å². The van der Waals surface area contributed by atoms with E-state index in [0.29, 0.717) is 16.9 Å². The number of methoxy groups -OCH3 is 1. The number of carbonyl (C=O) groups excluding carboxylic acids is 1. The molecule has 0 aromatic heterocycles. The first-order valence-corrected chi connectivity index (χ1v) is 6.50. The fourth-order valence-corrected chi connectivity index (χ4v) is 2.44. The molecule has 1 fully saturated rings. The molecule has 1 atom stereocenters. The zero-order valence-electron chi connectivity index (χ0n) is 11.7. The molecule has 0 aliphatic carbocycles. The Bertz CT molecular complexity index is 542. The molecule has 1 amide bonds. The molecular weight excluding hydrogens is 258 g/mol. The van der Waals surface area contributed by atoms with E-state index in [1.165, 1.54) is 13.3 Å². The van der Waals surface area contributed by atoms with Crippen LogP contribution in [0.25, 0.3) is 0 Å². The van der Waals surface area contributed by atoms with E-state index in [9.17, 15) is 10.0 Å². The third-order valence-corrected chi connectivity index (χ3v) is 3.55. The van der Waals surface area contributed by atoms with Crippen LogP contribution in [0.3, 0.4) is 0 Å². The lowest BCUT2D eigenvalue weighted by molar-refractivity contribution is -0.793. The molecule has 1 aromatic carbocycles. The van der Waals surface area contributed by atoms with Gasteiger partial charge in [-0.1, -0.05) is 6.07 Å². The Hall–Kier alpha value is -2.08. The van der Waals surface area contributed by atoms with Crippen molar-refractivity contribution in [2.45, 2.75) is 12.5 Å². The Balaban J connectivity index is 2.38. The van der Waals surface area contributed by atoms with Gasteiger partial charge in [0.2, 0.25) is 18.2 Å². The molecular formula is C14H20N3O3+. The number of carbonyl (C=O) groups is 1. The van der Waals surface area contributed by atoms with Gasteiger partial charge in [-0.15, -0.1) is 0 Å². The van der Waals surface area contributed by atoms with Gasteiger partial charge in [0.25, 0.3) is 0 Å². The SMILES string of the molecule is COc1cccc(C(N)=O)c1/C=[N+](\O)C1CCN(C)C1. The highest BCUT2D eigenvalue weighted by Crippen LogP contribution is 2.20. The molecule has 1 heterocycles. The van der Waals surface area contributed by atoms with Crippen LogP contribution in [0.1, 0.15) is 22.3 Å². The lowest BCUT2D eigenvalue weighted by Gasteiger charge is -2.08. The molecule has 3 N–H and O–H groups in total. The van der Waals surface area contributed by atoms with E-state index >= 15 is 0 Å². The Morgan fingerprint density at radius 3 is 2.90 bits per heavy atom. The summed E-state index contributed by atoms with van der Waals surface area (Å²) in [7, 11) is 3.52. The average molecular weight is 278 g/mol. The maximum Gasteiger partial charge on any atom is 0.249 e. The molecule has 108 valence electrons. The van der Waals surface area contributed by atoms with Crippen LogP contribution in [0.4, 0.5) is 0 Å². The van der Waals surface area contributed by atoms with Crippen molar-refractivity contribution in [3.63, 3.8) is 0 Å². The van der Waals surface area contributed by atoms with E-state index in [-0.39, 0.29) is 6.04 Å². The van der Waals surface area contributed by atoms with Gasteiger partial charge in [0.15, 0.2) is 0 Å². The summed E-state index contributed by atoms with van der Waals surface area (Å²) in [5, 5.41) is 10.2. The molecule has 20 heavy (non-hydrogen) atoms. The summed E-state index contributed by atoms with van der Waals surface area (Å²) in [5.74, 6) is -0.0428. The lowest BCUT2D eigenvalue weighted by Crippen LogP contribution is -2.28. The predicted octanol–water partition coefficient (Wildman–Crippen LogP) is 0.319. The van der Waals surface area contributed by atoms with E-state index in [4.69, 9.17) is 10.5 Å². The quantitative estimate of drug-likeness (QED) is 0.360. The number of likely N-dealkylation sites (N-methyl/N-ethyl adjacent to an activating group) is 1. The zero-order chi connectivity index (χ0) is 14.7. The summed E-state index contributed by atoms with van der Waals surface area (Å²) in [6.45, 7) is 1.71. The van der Waals surface area contributed by atoms with Gasteiger partial charge in [-0.25, -0.2) is 0 Å². The molecule has 6 heteroatoms. The summed E-state index contributed by atoms with van der Waals surface area (Å²) in [4.78, 5) is 13.6. The smallest absolute Gasteiger partial charge is 0.249 e. The molecule has 6 nitrogen and oxygen atoms in total. The number of benzene rings is 1. The second-order valence-corrected chi connectivity index (χ2v) is 5.00. The largest absolute Gasteiger partial charge is 0.496 e. The molecule has 0 saturated carbocycles. The van der Waals surface area contributed by atoms with Crippen molar-refractivity contribution in [3.05, 3.63) is 29.3 Å². The number of hydroxylamine groups is 1. The Morgan fingerprint density at radius 2 is 2.35 bits per heavy atom. The molecule has 0 bridgehead atoms. The molecule has 1 unspecified atom stereocenters. The van der Waals surface area contributed by atoms with Gasteiger partial charge < -0.3 is 10.5 Å². The normalized spacial score (nSPS) is 20.1. The van der Waals surface area contributed by atoms with Gasteiger partial charge in [-0.3, -0.25) is 14.9 Å². The second kappa shape index (κ2) is 5.92. The number of likely N-dealkylation sites (tertiary alicyclic amines) is 1. The second-order valence-electron chi connectivity index (χ2n) is 5.00. The van der Waals surface area contributed by atoms with Crippen LogP contribution in [-0.4, -0.2) is 60.3 Å². The summed E-state index contributed by atoms with van der Waals surface area (Å²) in [5.41, 5.74) is 6.19. The highest BCUT2D eigenvalue weighted by Gasteiger charge is 2.30. The van der Waals surface area contributed by atoms with Crippen molar-refractivity contribution in [2.75, 3.05) is 27.2 Å². The van der Waals surface area contributed by atoms with Gasteiger partial charge in [-0.2, -0.15) is 0 Å². The van der Waals surface area contributed by atoms with E-state index in [0.717, 1.165) is 24.2 Å². The van der Waals surface area contributed by atoms with Crippen molar-refractivity contribution >= 4 is 12.1 Å². The van der Waals surface area contributed by atoms with Gasteiger partial charge in [-0.05, 0) is 23.9 Å². The van der Waals surface area contributed by atoms with Gasteiger partial charge in [0.1, 0.15) is 5.75 Å². The van der Waals surface area contributed by atoms with E-state index in [1.54, 1.807) is 18.2 Å². The highest BCUT2D eigenvalue weighted by atomic mass is 16.5. The minimum absolute atomic E-state index is 0.00522. The third kappa shape index (κ3) is 2.91. The average Bonchev–Trinajstić information content (AvgIpc) is 2.85. The predicted molar refractivity (Wildman–Crippen MR) is 74.6 cm³/mol. The summed E-state index contributed by atoms with van der Waals surface area (Å²) < 4.78 is 6.38. The van der Waals surface area contributed by atoms with Crippen molar-refractivity contribution in [1.82, 2.24) is 4.90 Å². The van der Waals surface area contributed by atoms with E-state index in [2.05, 4.69) is 4.90 Å². The molecule has 1 aliphatic rings. The van der Waals surface area contributed by atoms with Gasteiger partial charge >= 0.3 is 0 Å². The monoisotopic (exact) mass is 278 g/mol. The summed E-state index contributed by atoms with van der Waals surface area (Å²) in [6, 6.07) is 5.05. The van der Waals surface area contributed by atoms with E-state index < -0.39 is 5.91 Å². The Labute approximate surface area is 118 Å². The van der Waals surface area contributed by atoms with Gasteiger partial charge in [0.05, 0.1) is 24.8 Å². The molecule has 1 aromatic rings. The first-order valence-electron chi connectivity index (χ1n) is 6.50. The standard InChI is InChI=1S/C14H19N3O3/c1-16-7-6-10(8-16)17(19)9-12-11(14(15)18)4-3-5-13(12)20-2/h3-5,9-10H,6-8H2,1-2H3,(H2-,15,18,19)/p+1. The number of rotatable bonds is 4. The van der Waals surface area contributed by atoms with Crippen molar-refractivity contribution in [2.24, 2.45) is 5.73 Å². The number of hydrogen-bond donors (Lipinski definition) is 2. The highest BCUT2D eigenvalue weighted by molar-refractivity contribution is 6.02. The molecule has 1 aliphatic heterocycles. The Kier molecular flexibility index (Phi) is 4.24. The maximum atomic E-state index is 11.5. The number of primary amides is 1. The number of nitrogens with zero attached hydrogens (tertiary/aromatic N) is 2. The Morgan fingerprint density at radius 1 is 1.60 bits per heavy atom. The van der Waals surface area contributed by atoms with E-state index in [1.807, 2.05) is 7.05 Å². The van der Waals surface area contributed by atoms with Crippen LogP contribution in [0.5, 0.6) is 5.75 Å². The third-order valence-electron chi connectivity index (χ3n) is 3.55. The number of nitrogens with two attached hydrogens (primary N) is 1. The van der Waals surface area contributed by atoms with Crippen molar-refractivity contribution in [1.29, 1.82) is 0 Å². The zero-order valence-corrected chi connectivity index (χ0v) is 11.7. The minimum Gasteiger partial charge on any atom is -0.496 e. The number of amides is 1. The minimum atomic E-state index is -0.549. The fourth-order valence-electron chi connectivity index (χ4n) is 2.44. The molecule has 1 saturated heterocycles. The molecule has 2 rings (SSSR count). The van der Waals surface area contributed by atoms with Crippen LogP contribution >= 0.6 is 0 Å². The van der Waals surface area contributed by atoms with Crippen LogP contribution in [0.15, 0.2) is 18.2 Å². The van der Waals surface area contributed by atoms with Gasteiger partial charge in [0, 0.05) is 13.0 Å². The first kappa shape index (κ1) is 14.3. The molecule has 0 radical (unpaired) electrons. The number of ether oxygens (including phenoxy) is 1. The van der Waals surface area contributed by atoms with Crippen molar-refractivity contribution in [3.8, 4) is 5.75 Å². The van der Waals surface area contributed by atoms with Crippen LogP contribution in [0, 0.1) is 0 Å². The lowest BCUT2D eigenvalue weighted by atomic mass is 10.1. The van der Waals surface area contributed by atoms with Crippen molar-refractivity contribution < 1.29 is 19.5 Å². The van der Waals surface area contributed by atoms with Crippen LogP contribution in [-0.2, 0) is 0 Å². The maximum absolute atomic E-state index is 11.5. The summed E-state index contributed by atoms with van der Waals surface area (Å²) >= 11 is 0.